The fourth-order valence-electron chi connectivity index (χ4n) is 8.48. The molecule has 2 saturated heterocycles. The number of amidine groups is 1. The number of fused-ring (bicyclic) bond motifs is 1. The average Bonchev–Trinajstić information content (AvgIpc) is 3.54. The summed E-state index contributed by atoms with van der Waals surface area (Å²) in [6.07, 6.45) is 13.4. The van der Waals surface area contributed by atoms with Crippen LogP contribution in [-0.4, -0.2) is 84.5 Å². The van der Waals surface area contributed by atoms with Gasteiger partial charge in [-0.25, -0.2) is 0 Å². The Morgan fingerprint density at radius 3 is 2.39 bits per heavy atom. The van der Waals surface area contributed by atoms with Gasteiger partial charge in [0.15, 0.2) is 0 Å². The van der Waals surface area contributed by atoms with E-state index < -0.39 is 0 Å². The lowest BCUT2D eigenvalue weighted by molar-refractivity contribution is -0.127. The van der Waals surface area contributed by atoms with Gasteiger partial charge in [0.1, 0.15) is 0 Å². The number of primary amides is 1. The monoisotopic (exact) mass is 530 g/mol. The molecular weight excluding hydrogens is 480 g/mol. The highest BCUT2D eigenvalue weighted by Crippen LogP contribution is 2.43. The van der Waals surface area contributed by atoms with Gasteiger partial charge in [0.25, 0.3) is 0 Å². The van der Waals surface area contributed by atoms with E-state index in [9.17, 15) is 9.59 Å². The summed E-state index contributed by atoms with van der Waals surface area (Å²) >= 11 is 0. The van der Waals surface area contributed by atoms with Gasteiger partial charge in [-0.1, -0.05) is 0 Å². The molecule has 0 spiro atoms. The van der Waals surface area contributed by atoms with Gasteiger partial charge in [0.2, 0.25) is 11.8 Å². The molecule has 3 saturated carbocycles. The van der Waals surface area contributed by atoms with Crippen LogP contribution in [0.5, 0.6) is 0 Å². The van der Waals surface area contributed by atoms with Crippen LogP contribution in [0.2, 0.25) is 0 Å². The summed E-state index contributed by atoms with van der Waals surface area (Å²) in [5.41, 5.74) is 11.5. The zero-order valence-corrected chi connectivity index (χ0v) is 23.3. The number of carbonyl (C=O) groups excluding carboxylic acids is 2. The van der Waals surface area contributed by atoms with Crippen molar-refractivity contribution in [3.05, 3.63) is 0 Å². The number of nitrogens with one attached hydrogen (secondary N) is 2. The van der Waals surface area contributed by atoms with Gasteiger partial charge in [-0.2, -0.15) is 0 Å². The van der Waals surface area contributed by atoms with Crippen LogP contribution in [0.25, 0.3) is 0 Å². The molecule has 2 heterocycles. The number of nitrogens with two attached hydrogens (primary N) is 2. The predicted octanol–water partition coefficient (Wildman–Crippen LogP) is 2.22. The Morgan fingerprint density at radius 2 is 1.71 bits per heavy atom. The van der Waals surface area contributed by atoms with Crippen LogP contribution < -0.4 is 16.8 Å². The van der Waals surface area contributed by atoms with E-state index in [0.717, 1.165) is 96.7 Å². The van der Waals surface area contributed by atoms with Crippen molar-refractivity contribution < 1.29 is 14.3 Å². The smallest absolute Gasteiger partial charge is 0.237 e. The number of ether oxygens (including phenoxy) is 1. The number of methoxy groups -OCH3 is 1. The molecule has 5 rings (SSSR count). The fraction of sp³-hybridized carbons (Fsp3) is 0.897. The molecule has 0 radical (unpaired) electrons. The number of hydrogen-bond donors (Lipinski definition) is 4. The topological polar surface area (TPSA) is 138 Å². The van der Waals surface area contributed by atoms with Gasteiger partial charge in [-0.05, 0) is 95.3 Å². The Kier molecular flexibility index (Phi) is 8.95. The first-order chi connectivity index (χ1) is 18.3. The van der Waals surface area contributed by atoms with Crippen molar-refractivity contribution in [3.8, 4) is 0 Å². The third kappa shape index (κ3) is 6.20. The SMILES string of the molecule is CO[C@H]1CCN(C2CCCC(NC(=O)C3CC4CCC(C(=N)N)CC4N3CC3CCC(C(N)=O)CC3)C2)C1. The Balaban J connectivity index is 1.23. The summed E-state index contributed by atoms with van der Waals surface area (Å²) in [5, 5.41) is 11.6. The van der Waals surface area contributed by atoms with Crippen molar-refractivity contribution in [1.82, 2.24) is 15.1 Å². The van der Waals surface area contributed by atoms with Crippen molar-refractivity contribution in [1.29, 1.82) is 5.41 Å². The molecule has 5 fully saturated rings. The van der Waals surface area contributed by atoms with Crippen LogP contribution in [0.3, 0.4) is 0 Å². The second kappa shape index (κ2) is 12.2. The Hall–Kier alpha value is -1.71. The molecule has 0 aromatic rings. The van der Waals surface area contributed by atoms with Crippen molar-refractivity contribution in [3.63, 3.8) is 0 Å². The minimum atomic E-state index is -0.170. The predicted molar refractivity (Wildman–Crippen MR) is 147 cm³/mol. The van der Waals surface area contributed by atoms with Crippen LogP contribution in [0.15, 0.2) is 0 Å². The molecule has 0 aromatic carbocycles. The summed E-state index contributed by atoms with van der Waals surface area (Å²) in [5.74, 6) is 1.44. The molecule has 2 aliphatic heterocycles. The molecule has 7 atom stereocenters. The van der Waals surface area contributed by atoms with E-state index in [4.69, 9.17) is 21.6 Å². The normalized spacial score (nSPS) is 40.5. The zero-order valence-electron chi connectivity index (χ0n) is 23.3. The maximum Gasteiger partial charge on any atom is 0.237 e. The van der Waals surface area contributed by atoms with Gasteiger partial charge in [0.05, 0.1) is 18.0 Å². The lowest BCUT2D eigenvalue weighted by atomic mass is 9.77. The van der Waals surface area contributed by atoms with E-state index in [-0.39, 0.29) is 35.7 Å². The molecule has 2 amide bonds. The zero-order chi connectivity index (χ0) is 26.8. The number of hydrogen-bond acceptors (Lipinski definition) is 6. The Labute approximate surface area is 228 Å². The van der Waals surface area contributed by atoms with Gasteiger partial charge < -0.3 is 21.5 Å². The van der Waals surface area contributed by atoms with Crippen molar-refractivity contribution in [2.45, 2.75) is 114 Å². The summed E-state index contributed by atoms with van der Waals surface area (Å²) < 4.78 is 5.59. The molecule has 6 N–H and O–H groups in total. The first-order valence-corrected chi connectivity index (χ1v) is 15.3. The summed E-state index contributed by atoms with van der Waals surface area (Å²) in [6, 6.07) is 0.989. The van der Waals surface area contributed by atoms with Gasteiger partial charge in [-0.15, -0.1) is 0 Å². The first kappa shape index (κ1) is 27.8. The van der Waals surface area contributed by atoms with E-state index >= 15 is 0 Å². The molecule has 3 aliphatic carbocycles. The molecule has 0 aromatic heterocycles. The molecule has 214 valence electrons. The molecule has 5 aliphatic rings. The number of likely N-dealkylation sites (tertiary alicyclic amines) is 2. The number of carbonyl (C=O) groups is 2. The van der Waals surface area contributed by atoms with Crippen LogP contribution >= 0.6 is 0 Å². The maximum atomic E-state index is 13.9. The van der Waals surface area contributed by atoms with E-state index in [1.165, 1.54) is 6.42 Å². The van der Waals surface area contributed by atoms with Crippen molar-refractivity contribution >= 4 is 17.6 Å². The third-order valence-electron chi connectivity index (χ3n) is 10.8. The number of rotatable bonds is 8. The van der Waals surface area contributed by atoms with Crippen LogP contribution in [0.1, 0.15) is 83.5 Å². The van der Waals surface area contributed by atoms with Gasteiger partial charge in [-0.3, -0.25) is 24.8 Å². The van der Waals surface area contributed by atoms with E-state index in [0.29, 0.717) is 35.9 Å². The lowest BCUT2D eigenvalue weighted by Crippen LogP contribution is -2.53. The second-order valence-electron chi connectivity index (χ2n) is 13.0. The van der Waals surface area contributed by atoms with E-state index in [1.807, 2.05) is 7.11 Å². The minimum Gasteiger partial charge on any atom is -0.387 e. The highest BCUT2D eigenvalue weighted by molar-refractivity contribution is 5.83. The van der Waals surface area contributed by atoms with Crippen molar-refractivity contribution in [2.75, 3.05) is 26.7 Å². The fourth-order valence-corrected chi connectivity index (χ4v) is 8.48. The quantitative estimate of drug-likeness (QED) is 0.280. The van der Waals surface area contributed by atoms with E-state index in [2.05, 4.69) is 15.1 Å². The summed E-state index contributed by atoms with van der Waals surface area (Å²) in [7, 11) is 1.81. The molecule has 38 heavy (non-hydrogen) atoms. The molecule has 9 heteroatoms. The summed E-state index contributed by atoms with van der Waals surface area (Å²) in [6.45, 7) is 3.00. The molecule has 6 unspecified atom stereocenters. The standard InChI is InChI=1S/C29H50N6O3/c1-38-24-11-12-34(17-24)23-4-2-3-22(15-23)33-29(37)26-13-20-9-10-21(27(30)31)14-25(20)35(26)16-18-5-7-19(8-6-18)28(32)36/h18-26H,2-17H2,1H3,(H3,30,31)(H2,32,36)(H,33,37)/t18?,19?,20?,21?,22?,23?,24-,25?,26?/m0/s1. The number of amides is 2. The van der Waals surface area contributed by atoms with Crippen LogP contribution in [0, 0.1) is 29.1 Å². The lowest BCUT2D eigenvalue weighted by Gasteiger charge is -2.40. The van der Waals surface area contributed by atoms with Crippen LogP contribution in [-0.2, 0) is 14.3 Å². The highest BCUT2D eigenvalue weighted by atomic mass is 16.5. The second-order valence-corrected chi connectivity index (χ2v) is 13.0. The maximum absolute atomic E-state index is 13.9. The largest absolute Gasteiger partial charge is 0.387 e. The van der Waals surface area contributed by atoms with Crippen LogP contribution in [0.4, 0.5) is 0 Å². The third-order valence-corrected chi connectivity index (χ3v) is 10.8. The highest BCUT2D eigenvalue weighted by Gasteiger charge is 2.48. The molecular formula is C29H50N6O3. The molecule has 0 bridgehead atoms. The Morgan fingerprint density at radius 1 is 0.947 bits per heavy atom. The average molecular weight is 531 g/mol. The first-order valence-electron chi connectivity index (χ1n) is 15.3. The van der Waals surface area contributed by atoms with E-state index in [1.54, 1.807) is 0 Å². The molecule has 9 nitrogen and oxygen atoms in total. The Bertz CT molecular complexity index is 861. The van der Waals surface area contributed by atoms with Gasteiger partial charge >= 0.3 is 0 Å². The summed E-state index contributed by atoms with van der Waals surface area (Å²) in [4.78, 5) is 30.6. The number of nitrogens with zero attached hydrogens (tertiary/aromatic N) is 2. The van der Waals surface area contributed by atoms with Crippen molar-refractivity contribution in [2.24, 2.45) is 35.1 Å². The van der Waals surface area contributed by atoms with Gasteiger partial charge in [0, 0.05) is 56.7 Å². The minimum absolute atomic E-state index is 0.00229.